The van der Waals surface area contributed by atoms with E-state index in [-0.39, 0.29) is 17.0 Å². The molecule has 1 N–H and O–H groups in total. The van der Waals surface area contributed by atoms with Crippen LogP contribution in [-0.2, 0) is 4.74 Å². The lowest BCUT2D eigenvalue weighted by molar-refractivity contribution is 0.0502. The van der Waals surface area contributed by atoms with E-state index < -0.39 is 11.9 Å². The molecule has 0 unspecified atom stereocenters. The van der Waals surface area contributed by atoms with Gasteiger partial charge < -0.3 is 14.6 Å². The second-order valence-corrected chi connectivity index (χ2v) is 3.22. The molecule has 0 aliphatic carbocycles. The first-order chi connectivity index (χ1) is 8.10. The van der Waals surface area contributed by atoms with Crippen LogP contribution in [0, 0.1) is 0 Å². The van der Waals surface area contributed by atoms with Gasteiger partial charge in [-0.1, -0.05) is 6.92 Å². The van der Waals surface area contributed by atoms with Crippen molar-refractivity contribution in [2.75, 3.05) is 13.7 Å². The summed E-state index contributed by atoms with van der Waals surface area (Å²) >= 11 is 0. The van der Waals surface area contributed by atoms with Gasteiger partial charge in [0.1, 0.15) is 0 Å². The van der Waals surface area contributed by atoms with Crippen molar-refractivity contribution in [2.45, 2.75) is 13.3 Å². The standard InChI is InChI=1S/C11H13NO5/c1-3-4-17-11(15)7-5-8(16-2)9(10(13)14)12-6-7/h5-6H,3-4H2,1-2H3,(H,13,14). The van der Waals surface area contributed by atoms with Gasteiger partial charge in [0, 0.05) is 6.20 Å². The molecule has 0 amide bonds. The lowest BCUT2D eigenvalue weighted by Crippen LogP contribution is -2.10. The largest absolute Gasteiger partial charge is 0.494 e. The number of hydrogen-bond donors (Lipinski definition) is 1. The fourth-order valence-electron chi connectivity index (χ4n) is 1.15. The lowest BCUT2D eigenvalue weighted by Gasteiger charge is -2.06. The van der Waals surface area contributed by atoms with Crippen LogP contribution in [0.3, 0.4) is 0 Å². The molecule has 1 aromatic heterocycles. The SMILES string of the molecule is CCCOC(=O)c1cnc(C(=O)O)c(OC)c1. The number of hydrogen-bond acceptors (Lipinski definition) is 5. The number of esters is 1. The molecule has 0 radical (unpaired) electrons. The fraction of sp³-hybridized carbons (Fsp3) is 0.364. The minimum atomic E-state index is -1.21. The zero-order valence-electron chi connectivity index (χ0n) is 9.60. The van der Waals surface area contributed by atoms with Gasteiger partial charge in [-0.2, -0.15) is 0 Å². The van der Waals surface area contributed by atoms with Gasteiger partial charge in [-0.25, -0.2) is 14.6 Å². The molecule has 0 aliphatic heterocycles. The minimum Gasteiger partial charge on any atom is -0.494 e. The van der Waals surface area contributed by atoms with Crippen LogP contribution in [0.4, 0.5) is 0 Å². The molecular weight excluding hydrogens is 226 g/mol. The van der Waals surface area contributed by atoms with Gasteiger partial charge in [0.2, 0.25) is 0 Å². The number of aromatic nitrogens is 1. The summed E-state index contributed by atoms with van der Waals surface area (Å²) < 4.78 is 9.75. The van der Waals surface area contributed by atoms with Gasteiger partial charge in [-0.15, -0.1) is 0 Å². The zero-order chi connectivity index (χ0) is 12.8. The van der Waals surface area contributed by atoms with Crippen molar-refractivity contribution in [1.29, 1.82) is 0 Å². The molecule has 1 rings (SSSR count). The van der Waals surface area contributed by atoms with Crippen LogP contribution in [0.2, 0.25) is 0 Å². The minimum absolute atomic E-state index is 0.0310. The molecule has 0 fully saturated rings. The third-order valence-electron chi connectivity index (χ3n) is 1.95. The van der Waals surface area contributed by atoms with Crippen molar-refractivity contribution in [3.05, 3.63) is 23.5 Å². The molecule has 0 bridgehead atoms. The Morgan fingerprint density at radius 3 is 2.71 bits per heavy atom. The van der Waals surface area contributed by atoms with Crippen LogP contribution < -0.4 is 4.74 Å². The van der Waals surface area contributed by atoms with Crippen molar-refractivity contribution in [3.8, 4) is 5.75 Å². The maximum absolute atomic E-state index is 11.5. The molecule has 0 saturated heterocycles. The van der Waals surface area contributed by atoms with E-state index >= 15 is 0 Å². The summed E-state index contributed by atoms with van der Waals surface area (Å²) in [5, 5.41) is 8.81. The molecule has 1 heterocycles. The van der Waals surface area contributed by atoms with Crippen molar-refractivity contribution in [2.24, 2.45) is 0 Å². The third-order valence-corrected chi connectivity index (χ3v) is 1.95. The van der Waals surface area contributed by atoms with E-state index in [1.54, 1.807) is 0 Å². The average molecular weight is 239 g/mol. The first-order valence-corrected chi connectivity index (χ1v) is 5.04. The van der Waals surface area contributed by atoms with E-state index in [9.17, 15) is 9.59 Å². The first kappa shape index (κ1) is 13.0. The number of ether oxygens (including phenoxy) is 2. The molecule has 1 aromatic rings. The van der Waals surface area contributed by atoms with Gasteiger partial charge in [0.25, 0.3) is 0 Å². The van der Waals surface area contributed by atoms with Gasteiger partial charge in [0.05, 0.1) is 19.3 Å². The van der Waals surface area contributed by atoms with E-state index in [1.165, 1.54) is 13.2 Å². The van der Waals surface area contributed by atoms with Crippen LogP contribution in [-0.4, -0.2) is 35.7 Å². The maximum Gasteiger partial charge on any atom is 0.358 e. The van der Waals surface area contributed by atoms with E-state index in [4.69, 9.17) is 14.6 Å². The molecule has 92 valence electrons. The second kappa shape index (κ2) is 5.83. The summed E-state index contributed by atoms with van der Waals surface area (Å²) in [7, 11) is 1.31. The fourth-order valence-corrected chi connectivity index (χ4v) is 1.15. The van der Waals surface area contributed by atoms with Crippen LogP contribution in [0.5, 0.6) is 5.75 Å². The molecular formula is C11H13NO5. The number of carbonyl (C=O) groups excluding carboxylic acids is 1. The average Bonchev–Trinajstić information content (AvgIpc) is 2.34. The topological polar surface area (TPSA) is 85.7 Å². The van der Waals surface area contributed by atoms with Gasteiger partial charge in [-0.3, -0.25) is 0 Å². The monoisotopic (exact) mass is 239 g/mol. The quantitative estimate of drug-likeness (QED) is 0.780. The maximum atomic E-state index is 11.5. The highest BCUT2D eigenvalue weighted by atomic mass is 16.5. The van der Waals surface area contributed by atoms with E-state index in [0.717, 1.165) is 6.20 Å². The summed E-state index contributed by atoms with van der Waals surface area (Å²) in [5.74, 6) is -1.73. The Morgan fingerprint density at radius 1 is 1.47 bits per heavy atom. The predicted molar refractivity (Wildman–Crippen MR) is 58.3 cm³/mol. The molecule has 0 saturated carbocycles. The molecule has 0 aromatic carbocycles. The highest BCUT2D eigenvalue weighted by molar-refractivity contribution is 5.93. The number of pyridine rings is 1. The van der Waals surface area contributed by atoms with Gasteiger partial charge >= 0.3 is 11.9 Å². The number of nitrogens with zero attached hydrogens (tertiary/aromatic N) is 1. The Morgan fingerprint density at radius 2 is 2.18 bits per heavy atom. The smallest absolute Gasteiger partial charge is 0.358 e. The number of carboxylic acids is 1. The Bertz CT molecular complexity index is 430. The van der Waals surface area contributed by atoms with E-state index in [0.29, 0.717) is 13.0 Å². The van der Waals surface area contributed by atoms with Crippen molar-refractivity contribution >= 4 is 11.9 Å². The van der Waals surface area contributed by atoms with Crippen molar-refractivity contribution < 1.29 is 24.2 Å². The van der Waals surface area contributed by atoms with Crippen LogP contribution >= 0.6 is 0 Å². The summed E-state index contributed by atoms with van der Waals surface area (Å²) in [6.45, 7) is 2.18. The molecule has 6 nitrogen and oxygen atoms in total. The number of carbonyl (C=O) groups is 2. The van der Waals surface area contributed by atoms with Crippen molar-refractivity contribution in [1.82, 2.24) is 4.98 Å². The summed E-state index contributed by atoms with van der Waals surface area (Å²) in [6, 6.07) is 1.30. The zero-order valence-corrected chi connectivity index (χ0v) is 9.60. The molecule has 0 atom stereocenters. The van der Waals surface area contributed by atoms with Gasteiger partial charge in [-0.05, 0) is 12.5 Å². The van der Waals surface area contributed by atoms with E-state index in [2.05, 4.69) is 4.98 Å². The highest BCUT2D eigenvalue weighted by Crippen LogP contribution is 2.18. The number of methoxy groups -OCH3 is 1. The summed E-state index contributed by atoms with van der Waals surface area (Å²) in [4.78, 5) is 25.9. The Balaban J connectivity index is 2.97. The van der Waals surface area contributed by atoms with Gasteiger partial charge in [0.15, 0.2) is 11.4 Å². The Kier molecular flexibility index (Phi) is 4.45. The molecule has 6 heteroatoms. The number of rotatable bonds is 5. The molecule has 17 heavy (non-hydrogen) atoms. The van der Waals surface area contributed by atoms with Crippen LogP contribution in [0.1, 0.15) is 34.2 Å². The Labute approximate surface area is 98.2 Å². The highest BCUT2D eigenvalue weighted by Gasteiger charge is 2.16. The second-order valence-electron chi connectivity index (χ2n) is 3.22. The first-order valence-electron chi connectivity index (χ1n) is 5.04. The Hall–Kier alpha value is -2.11. The number of carboxylic acid groups (broad SMARTS) is 1. The predicted octanol–water partition coefficient (Wildman–Crippen LogP) is 1.36. The van der Waals surface area contributed by atoms with Crippen LogP contribution in [0.25, 0.3) is 0 Å². The normalized spacial score (nSPS) is 9.76. The lowest BCUT2D eigenvalue weighted by atomic mass is 10.2. The van der Waals surface area contributed by atoms with Crippen molar-refractivity contribution in [3.63, 3.8) is 0 Å². The third kappa shape index (κ3) is 3.17. The molecule has 0 aliphatic rings. The summed E-state index contributed by atoms with van der Waals surface area (Å²) in [6.07, 6.45) is 1.87. The number of aromatic carboxylic acids is 1. The van der Waals surface area contributed by atoms with E-state index in [1.807, 2.05) is 6.92 Å². The van der Waals surface area contributed by atoms with Crippen LogP contribution in [0.15, 0.2) is 12.3 Å². The molecule has 0 spiro atoms. The summed E-state index contributed by atoms with van der Waals surface area (Å²) in [5.41, 5.74) is -0.0696.